The van der Waals surface area contributed by atoms with Crippen molar-refractivity contribution < 1.29 is 0 Å². The largest absolute Gasteiger partial charge is 0.314 e. The van der Waals surface area contributed by atoms with E-state index < -0.39 is 0 Å². The smallest absolute Gasteiger partial charge is 0.0346 e. The lowest BCUT2D eigenvalue weighted by molar-refractivity contribution is 0.449. The van der Waals surface area contributed by atoms with E-state index in [0.29, 0.717) is 6.04 Å². The number of benzene rings is 1. The molecule has 1 aromatic carbocycles. The number of pyridine rings is 1. The molecule has 0 fully saturated rings. The Bertz CT molecular complexity index is 516. The third-order valence-corrected chi connectivity index (χ3v) is 3.83. The van der Waals surface area contributed by atoms with Crippen molar-refractivity contribution in [1.82, 2.24) is 10.3 Å². The Balaban J connectivity index is 2.03. The van der Waals surface area contributed by atoms with Gasteiger partial charge in [0.2, 0.25) is 0 Å². The number of aryl methyl sites for hydroxylation is 1. The zero-order valence-electron chi connectivity index (χ0n) is 12.7. The monoisotopic (exact) mass is 270 g/mol. The first-order valence-corrected chi connectivity index (χ1v) is 7.90. The summed E-state index contributed by atoms with van der Waals surface area (Å²) in [4.78, 5) is 4.38. The minimum Gasteiger partial charge on any atom is -0.314 e. The van der Waals surface area contributed by atoms with Gasteiger partial charge < -0.3 is 5.32 Å². The summed E-state index contributed by atoms with van der Waals surface area (Å²) in [7, 11) is 0. The molecule has 1 aromatic heterocycles. The van der Waals surface area contributed by atoms with Gasteiger partial charge in [-0.15, -0.1) is 0 Å². The molecule has 0 spiro atoms. The highest BCUT2D eigenvalue weighted by Crippen LogP contribution is 2.19. The fourth-order valence-electron chi connectivity index (χ4n) is 2.75. The average molecular weight is 270 g/mol. The molecule has 0 saturated carbocycles. The predicted octanol–water partition coefficient (Wildman–Crippen LogP) is 4.34. The van der Waals surface area contributed by atoms with E-state index in [0.717, 1.165) is 13.0 Å². The van der Waals surface area contributed by atoms with Crippen LogP contribution in [0, 0.1) is 0 Å². The van der Waals surface area contributed by atoms with Gasteiger partial charge in [0.1, 0.15) is 0 Å². The van der Waals surface area contributed by atoms with E-state index in [1.165, 1.54) is 42.0 Å². The topological polar surface area (TPSA) is 24.9 Å². The van der Waals surface area contributed by atoms with Gasteiger partial charge in [-0.2, -0.15) is 0 Å². The summed E-state index contributed by atoms with van der Waals surface area (Å²) in [6, 6.07) is 9.19. The summed E-state index contributed by atoms with van der Waals surface area (Å²) in [6.07, 6.45) is 10.0. The molecule has 20 heavy (non-hydrogen) atoms. The van der Waals surface area contributed by atoms with Crippen molar-refractivity contribution in [2.45, 2.75) is 52.0 Å². The molecule has 1 unspecified atom stereocenters. The molecule has 0 amide bonds. The molecular weight excluding hydrogens is 244 g/mol. The highest BCUT2D eigenvalue weighted by molar-refractivity contribution is 5.84. The van der Waals surface area contributed by atoms with Crippen LogP contribution < -0.4 is 5.32 Å². The molecule has 1 N–H and O–H groups in total. The molecule has 0 saturated heterocycles. The Labute approximate surface area is 122 Å². The Hall–Kier alpha value is -1.41. The maximum absolute atomic E-state index is 4.38. The van der Waals surface area contributed by atoms with Gasteiger partial charge in [-0.3, -0.25) is 4.98 Å². The SMILES string of the molecule is CCCNC(CCC)CCc1cncc2ccccc12. The minimum atomic E-state index is 0.638. The fraction of sp³-hybridized carbons (Fsp3) is 0.500. The summed E-state index contributed by atoms with van der Waals surface area (Å²) in [5, 5.41) is 6.27. The van der Waals surface area contributed by atoms with Crippen molar-refractivity contribution in [1.29, 1.82) is 0 Å². The first kappa shape index (κ1) is 15.0. The fourth-order valence-corrected chi connectivity index (χ4v) is 2.75. The first-order chi connectivity index (χ1) is 9.85. The van der Waals surface area contributed by atoms with E-state index in [9.17, 15) is 0 Å². The number of nitrogens with zero attached hydrogens (tertiary/aromatic N) is 1. The number of aromatic nitrogens is 1. The van der Waals surface area contributed by atoms with Crippen LogP contribution in [0.3, 0.4) is 0 Å². The van der Waals surface area contributed by atoms with Crippen molar-refractivity contribution in [2.75, 3.05) is 6.54 Å². The summed E-state index contributed by atoms with van der Waals surface area (Å²) in [6.45, 7) is 5.61. The molecule has 1 atom stereocenters. The van der Waals surface area contributed by atoms with Gasteiger partial charge in [-0.05, 0) is 43.2 Å². The average Bonchev–Trinajstić information content (AvgIpc) is 2.50. The van der Waals surface area contributed by atoms with Crippen LogP contribution in [-0.4, -0.2) is 17.6 Å². The number of fused-ring (bicyclic) bond motifs is 1. The normalized spacial score (nSPS) is 12.7. The summed E-state index contributed by atoms with van der Waals surface area (Å²) < 4.78 is 0. The standard InChI is InChI=1S/C18H26N2/c1-3-7-17(20-12-4-2)11-10-16-14-19-13-15-8-5-6-9-18(15)16/h5-6,8-9,13-14,17,20H,3-4,7,10-12H2,1-2H3. The van der Waals surface area contributed by atoms with Crippen molar-refractivity contribution in [3.63, 3.8) is 0 Å². The van der Waals surface area contributed by atoms with Gasteiger partial charge in [0.05, 0.1) is 0 Å². The van der Waals surface area contributed by atoms with Crippen LogP contribution in [0.5, 0.6) is 0 Å². The molecule has 2 nitrogen and oxygen atoms in total. The van der Waals surface area contributed by atoms with E-state index in [1.54, 1.807) is 0 Å². The lowest BCUT2D eigenvalue weighted by atomic mass is 9.99. The summed E-state index contributed by atoms with van der Waals surface area (Å²) in [5.41, 5.74) is 1.38. The first-order valence-electron chi connectivity index (χ1n) is 7.90. The van der Waals surface area contributed by atoms with Crippen LogP contribution in [-0.2, 0) is 6.42 Å². The molecule has 0 aliphatic heterocycles. The Kier molecular flexibility index (Phi) is 6.00. The third kappa shape index (κ3) is 4.04. The third-order valence-electron chi connectivity index (χ3n) is 3.83. The molecule has 2 rings (SSSR count). The second-order valence-corrected chi connectivity index (χ2v) is 5.50. The highest BCUT2D eigenvalue weighted by atomic mass is 14.9. The zero-order chi connectivity index (χ0) is 14.2. The molecule has 0 aliphatic rings. The van der Waals surface area contributed by atoms with Gasteiger partial charge in [0.25, 0.3) is 0 Å². The maximum atomic E-state index is 4.38. The second-order valence-electron chi connectivity index (χ2n) is 5.50. The van der Waals surface area contributed by atoms with Crippen LogP contribution in [0.15, 0.2) is 36.7 Å². The van der Waals surface area contributed by atoms with E-state index in [1.807, 2.05) is 12.4 Å². The van der Waals surface area contributed by atoms with Crippen molar-refractivity contribution >= 4 is 10.8 Å². The van der Waals surface area contributed by atoms with Crippen LogP contribution in [0.1, 0.15) is 45.1 Å². The van der Waals surface area contributed by atoms with Gasteiger partial charge in [0, 0.05) is 23.8 Å². The van der Waals surface area contributed by atoms with Gasteiger partial charge >= 0.3 is 0 Å². The number of hydrogen-bond acceptors (Lipinski definition) is 2. The zero-order valence-corrected chi connectivity index (χ0v) is 12.7. The summed E-state index contributed by atoms with van der Waals surface area (Å²) in [5.74, 6) is 0. The lowest BCUT2D eigenvalue weighted by Crippen LogP contribution is -2.30. The molecule has 0 aliphatic carbocycles. The van der Waals surface area contributed by atoms with Crippen LogP contribution >= 0.6 is 0 Å². The van der Waals surface area contributed by atoms with E-state index in [2.05, 4.69) is 48.4 Å². The van der Waals surface area contributed by atoms with Gasteiger partial charge in [-0.1, -0.05) is 44.5 Å². The molecule has 0 radical (unpaired) electrons. The molecule has 1 heterocycles. The lowest BCUT2D eigenvalue weighted by Gasteiger charge is -2.18. The van der Waals surface area contributed by atoms with Gasteiger partial charge in [-0.25, -0.2) is 0 Å². The van der Waals surface area contributed by atoms with Crippen molar-refractivity contribution in [2.24, 2.45) is 0 Å². The van der Waals surface area contributed by atoms with Gasteiger partial charge in [0.15, 0.2) is 0 Å². The highest BCUT2D eigenvalue weighted by Gasteiger charge is 2.08. The van der Waals surface area contributed by atoms with Crippen LogP contribution in [0.2, 0.25) is 0 Å². The Morgan fingerprint density at radius 1 is 1.05 bits per heavy atom. The van der Waals surface area contributed by atoms with E-state index in [-0.39, 0.29) is 0 Å². The molecule has 108 valence electrons. The maximum Gasteiger partial charge on any atom is 0.0346 e. The predicted molar refractivity (Wildman–Crippen MR) is 87.1 cm³/mol. The van der Waals surface area contributed by atoms with Crippen LogP contribution in [0.25, 0.3) is 10.8 Å². The van der Waals surface area contributed by atoms with E-state index >= 15 is 0 Å². The van der Waals surface area contributed by atoms with Crippen LogP contribution in [0.4, 0.5) is 0 Å². The van der Waals surface area contributed by atoms with Crippen molar-refractivity contribution in [3.05, 3.63) is 42.2 Å². The quantitative estimate of drug-likeness (QED) is 0.772. The Morgan fingerprint density at radius 3 is 2.70 bits per heavy atom. The summed E-state index contributed by atoms with van der Waals surface area (Å²) >= 11 is 0. The molecule has 2 aromatic rings. The molecular formula is C18H26N2. The number of nitrogens with one attached hydrogen (secondary N) is 1. The second kappa shape index (κ2) is 8.01. The molecule has 2 heteroatoms. The Morgan fingerprint density at radius 2 is 1.90 bits per heavy atom. The minimum absolute atomic E-state index is 0.638. The molecule has 0 bridgehead atoms. The number of hydrogen-bond donors (Lipinski definition) is 1. The number of rotatable bonds is 8. The van der Waals surface area contributed by atoms with E-state index in [4.69, 9.17) is 0 Å². The van der Waals surface area contributed by atoms with Crippen molar-refractivity contribution in [3.8, 4) is 0 Å².